The highest BCUT2D eigenvalue weighted by atomic mass is 35.5. The van der Waals surface area contributed by atoms with Crippen molar-refractivity contribution < 1.29 is 9.53 Å². The van der Waals surface area contributed by atoms with Crippen LogP contribution in [0, 0.1) is 13.8 Å². The van der Waals surface area contributed by atoms with Crippen molar-refractivity contribution in [1.82, 2.24) is 9.78 Å². The Balaban J connectivity index is 2.05. The molecule has 6 heteroatoms. The zero-order valence-electron chi connectivity index (χ0n) is 10.5. The summed E-state index contributed by atoms with van der Waals surface area (Å²) >= 11 is 11.8. The van der Waals surface area contributed by atoms with Gasteiger partial charge >= 0.3 is 5.97 Å². The van der Waals surface area contributed by atoms with E-state index in [0.717, 1.165) is 5.69 Å². The largest absolute Gasteiger partial charge is 0.425 e. The second kappa shape index (κ2) is 5.63. The van der Waals surface area contributed by atoms with Crippen LogP contribution in [0.25, 0.3) is 0 Å². The summed E-state index contributed by atoms with van der Waals surface area (Å²) in [5.74, 6) is 0.0339. The third kappa shape index (κ3) is 3.28. The third-order valence-corrected chi connectivity index (χ3v) is 3.42. The summed E-state index contributed by atoms with van der Waals surface area (Å²) in [5, 5.41) is 5.33. The molecule has 0 bridgehead atoms. The molecule has 0 N–H and O–H groups in total. The molecule has 100 valence electrons. The second-order valence-corrected chi connectivity index (χ2v) is 4.88. The number of ether oxygens (including phenoxy) is 1. The van der Waals surface area contributed by atoms with Crippen LogP contribution in [-0.4, -0.2) is 15.7 Å². The lowest BCUT2D eigenvalue weighted by Gasteiger charge is -2.06. The zero-order valence-corrected chi connectivity index (χ0v) is 12.0. The first-order valence-corrected chi connectivity index (χ1v) is 6.38. The molecule has 0 fully saturated rings. The van der Waals surface area contributed by atoms with Crippen LogP contribution in [0.1, 0.15) is 11.4 Å². The molecule has 0 saturated heterocycles. The summed E-state index contributed by atoms with van der Waals surface area (Å²) in [6.07, 6.45) is 0. The van der Waals surface area contributed by atoms with E-state index < -0.39 is 5.97 Å². The Morgan fingerprint density at radius 3 is 2.42 bits per heavy atom. The minimum Gasteiger partial charge on any atom is -0.425 e. The number of aromatic nitrogens is 2. The highest BCUT2D eigenvalue weighted by Gasteiger charge is 2.13. The summed E-state index contributed by atoms with van der Waals surface area (Å²) in [6.45, 7) is 3.61. The first kappa shape index (κ1) is 13.9. The molecule has 1 heterocycles. The maximum atomic E-state index is 11.8. The van der Waals surface area contributed by atoms with Gasteiger partial charge in [-0.25, -0.2) is 4.79 Å². The van der Waals surface area contributed by atoms with Crippen LogP contribution in [0.4, 0.5) is 0 Å². The maximum Gasteiger partial charge on any atom is 0.333 e. The Bertz CT molecular complexity index is 606. The molecule has 0 spiro atoms. The van der Waals surface area contributed by atoms with Crippen molar-refractivity contribution in [3.05, 3.63) is 45.7 Å². The van der Waals surface area contributed by atoms with Crippen molar-refractivity contribution in [3.8, 4) is 5.75 Å². The molecular formula is C13H12Cl2N2O2. The van der Waals surface area contributed by atoms with E-state index in [1.807, 2.05) is 0 Å². The number of esters is 1. The fraction of sp³-hybridized carbons (Fsp3) is 0.231. The quantitative estimate of drug-likeness (QED) is 0.644. The molecule has 19 heavy (non-hydrogen) atoms. The van der Waals surface area contributed by atoms with Crippen LogP contribution in [0.2, 0.25) is 10.0 Å². The first-order chi connectivity index (χ1) is 8.97. The van der Waals surface area contributed by atoms with Gasteiger partial charge in [-0.1, -0.05) is 23.2 Å². The Morgan fingerprint density at radius 2 is 1.89 bits per heavy atom. The van der Waals surface area contributed by atoms with Gasteiger partial charge in [0.05, 0.1) is 16.4 Å². The van der Waals surface area contributed by atoms with Gasteiger partial charge in [0.15, 0.2) is 0 Å². The Kier molecular flexibility index (Phi) is 4.12. The van der Waals surface area contributed by atoms with E-state index in [1.165, 1.54) is 4.68 Å². The van der Waals surface area contributed by atoms with E-state index in [-0.39, 0.29) is 6.54 Å². The molecule has 4 nitrogen and oxygen atoms in total. The topological polar surface area (TPSA) is 44.1 Å². The Hall–Kier alpha value is -1.52. The number of benzene rings is 1. The molecular weight excluding hydrogens is 287 g/mol. The van der Waals surface area contributed by atoms with E-state index in [0.29, 0.717) is 21.5 Å². The lowest BCUT2D eigenvalue weighted by Crippen LogP contribution is -2.18. The lowest BCUT2D eigenvalue weighted by atomic mass is 10.3. The maximum absolute atomic E-state index is 11.8. The summed E-state index contributed by atoms with van der Waals surface area (Å²) in [7, 11) is 0. The Morgan fingerprint density at radius 1 is 1.26 bits per heavy atom. The van der Waals surface area contributed by atoms with Gasteiger partial charge in [0.2, 0.25) is 0 Å². The van der Waals surface area contributed by atoms with Crippen LogP contribution in [-0.2, 0) is 11.3 Å². The summed E-state index contributed by atoms with van der Waals surface area (Å²) in [5.41, 5.74) is 1.44. The van der Waals surface area contributed by atoms with Crippen molar-refractivity contribution in [2.24, 2.45) is 0 Å². The molecule has 2 rings (SSSR count). The normalized spacial score (nSPS) is 10.5. The molecule has 0 saturated carbocycles. The van der Waals surface area contributed by atoms with Crippen molar-refractivity contribution in [2.45, 2.75) is 20.4 Å². The number of halogens is 2. The van der Waals surface area contributed by atoms with Crippen molar-refractivity contribution in [3.63, 3.8) is 0 Å². The van der Waals surface area contributed by atoms with Gasteiger partial charge in [0.1, 0.15) is 12.3 Å². The van der Waals surface area contributed by atoms with Crippen LogP contribution >= 0.6 is 23.2 Å². The molecule has 0 aliphatic carbocycles. The smallest absolute Gasteiger partial charge is 0.333 e. The molecule has 0 atom stereocenters. The first-order valence-electron chi connectivity index (χ1n) is 5.63. The lowest BCUT2D eigenvalue weighted by molar-refractivity contribution is -0.135. The molecule has 0 unspecified atom stereocenters. The fourth-order valence-electron chi connectivity index (χ4n) is 1.62. The van der Waals surface area contributed by atoms with Gasteiger partial charge in [-0.2, -0.15) is 5.10 Å². The van der Waals surface area contributed by atoms with Gasteiger partial charge in [0.25, 0.3) is 0 Å². The average molecular weight is 299 g/mol. The summed E-state index contributed by atoms with van der Waals surface area (Å²) in [6, 6.07) is 6.58. The fourth-order valence-corrected chi connectivity index (χ4v) is 1.88. The van der Waals surface area contributed by atoms with Crippen LogP contribution in [0.15, 0.2) is 24.3 Å². The van der Waals surface area contributed by atoms with Crippen molar-refractivity contribution >= 4 is 29.2 Å². The number of aryl methyl sites for hydroxylation is 1. The number of hydrogen-bond donors (Lipinski definition) is 0. The molecule has 1 aromatic carbocycles. The third-order valence-electron chi connectivity index (χ3n) is 2.62. The number of nitrogens with zero attached hydrogens (tertiary/aromatic N) is 2. The molecule has 1 aromatic heterocycles. The number of rotatable bonds is 3. The highest BCUT2D eigenvalue weighted by Crippen LogP contribution is 2.19. The van der Waals surface area contributed by atoms with E-state index in [2.05, 4.69) is 5.10 Å². The predicted octanol–water partition coefficient (Wildman–Crippen LogP) is 3.41. The van der Waals surface area contributed by atoms with Crippen LogP contribution < -0.4 is 4.74 Å². The van der Waals surface area contributed by atoms with Gasteiger partial charge in [0, 0.05) is 5.02 Å². The predicted molar refractivity (Wildman–Crippen MR) is 73.8 cm³/mol. The van der Waals surface area contributed by atoms with Crippen molar-refractivity contribution in [1.29, 1.82) is 0 Å². The SMILES string of the molecule is Cc1nn(CC(=O)Oc2ccc(Cl)cc2)c(C)c1Cl. The van der Waals surface area contributed by atoms with E-state index >= 15 is 0 Å². The van der Waals surface area contributed by atoms with Gasteiger partial charge in [-0.3, -0.25) is 4.68 Å². The average Bonchev–Trinajstić information content (AvgIpc) is 2.60. The van der Waals surface area contributed by atoms with E-state index in [4.69, 9.17) is 27.9 Å². The van der Waals surface area contributed by atoms with Gasteiger partial charge in [-0.05, 0) is 38.1 Å². The van der Waals surface area contributed by atoms with Crippen LogP contribution in [0.5, 0.6) is 5.75 Å². The molecule has 0 amide bonds. The summed E-state index contributed by atoms with van der Waals surface area (Å²) in [4.78, 5) is 11.8. The van der Waals surface area contributed by atoms with Gasteiger partial charge < -0.3 is 4.74 Å². The second-order valence-electron chi connectivity index (χ2n) is 4.07. The van der Waals surface area contributed by atoms with E-state index in [1.54, 1.807) is 38.1 Å². The number of hydrogen-bond acceptors (Lipinski definition) is 3. The molecule has 0 aliphatic rings. The van der Waals surface area contributed by atoms with E-state index in [9.17, 15) is 4.79 Å². The van der Waals surface area contributed by atoms with Crippen LogP contribution in [0.3, 0.4) is 0 Å². The minimum absolute atomic E-state index is 0.0159. The molecule has 2 aromatic rings. The molecule has 0 aliphatic heterocycles. The monoisotopic (exact) mass is 298 g/mol. The van der Waals surface area contributed by atoms with Gasteiger partial charge in [-0.15, -0.1) is 0 Å². The number of carbonyl (C=O) groups is 1. The highest BCUT2D eigenvalue weighted by molar-refractivity contribution is 6.31. The molecule has 0 radical (unpaired) electrons. The zero-order chi connectivity index (χ0) is 14.0. The Labute approximate surface area is 120 Å². The minimum atomic E-state index is -0.412. The van der Waals surface area contributed by atoms with Crippen molar-refractivity contribution in [2.75, 3.05) is 0 Å². The number of carbonyl (C=O) groups excluding carboxylic acids is 1. The standard InChI is InChI=1S/C13H12Cl2N2O2/c1-8-13(15)9(2)17(16-8)7-12(18)19-11-5-3-10(14)4-6-11/h3-6H,7H2,1-2H3. The summed E-state index contributed by atoms with van der Waals surface area (Å²) < 4.78 is 6.70.